The van der Waals surface area contributed by atoms with E-state index in [-0.39, 0.29) is 10.8 Å². The van der Waals surface area contributed by atoms with Gasteiger partial charge < -0.3 is 0 Å². The Labute approximate surface area is 170 Å². The zero-order chi connectivity index (χ0) is 19.5. The van der Waals surface area contributed by atoms with Crippen LogP contribution >= 0.6 is 0 Å². The summed E-state index contributed by atoms with van der Waals surface area (Å²) in [6, 6.07) is 0. The van der Waals surface area contributed by atoms with Crippen LogP contribution in [0.3, 0.4) is 0 Å². The van der Waals surface area contributed by atoms with Gasteiger partial charge >= 0.3 is 0 Å². The molecule has 28 heavy (non-hydrogen) atoms. The van der Waals surface area contributed by atoms with Gasteiger partial charge in [-0.3, -0.25) is 9.59 Å². The van der Waals surface area contributed by atoms with Gasteiger partial charge in [0.25, 0.3) is 0 Å². The van der Waals surface area contributed by atoms with Crippen LogP contribution in [0.5, 0.6) is 0 Å². The van der Waals surface area contributed by atoms with Crippen LogP contribution in [0.15, 0.2) is 11.6 Å². The fourth-order valence-corrected chi connectivity index (χ4v) is 8.70. The maximum atomic E-state index is 13.5. The van der Waals surface area contributed by atoms with Gasteiger partial charge in [0.05, 0.1) is 0 Å². The summed E-state index contributed by atoms with van der Waals surface area (Å²) in [6.07, 6.45) is 17.3. The van der Waals surface area contributed by atoms with Crippen molar-refractivity contribution in [3.05, 3.63) is 11.6 Å². The van der Waals surface area contributed by atoms with E-state index in [1.807, 2.05) is 6.08 Å². The third-order valence-electron chi connectivity index (χ3n) is 10.3. The summed E-state index contributed by atoms with van der Waals surface area (Å²) in [4.78, 5) is 25.5. The quantitative estimate of drug-likeness (QED) is 0.563. The maximum Gasteiger partial charge on any atom is 0.155 e. The zero-order valence-electron chi connectivity index (χ0n) is 18.0. The molecule has 5 rings (SSSR count). The second kappa shape index (κ2) is 6.81. The molecule has 0 aromatic rings. The number of ketones is 2. The molecule has 4 saturated carbocycles. The molecule has 2 nitrogen and oxygen atoms in total. The molecule has 0 bridgehead atoms. The van der Waals surface area contributed by atoms with Gasteiger partial charge in [-0.05, 0) is 92.4 Å². The molecule has 4 fully saturated rings. The first-order chi connectivity index (χ1) is 13.4. The van der Waals surface area contributed by atoms with Gasteiger partial charge in [0, 0.05) is 18.3 Å². The number of fused-ring (bicyclic) bond motifs is 5. The highest BCUT2D eigenvalue weighted by Crippen LogP contribution is 2.67. The predicted octanol–water partition coefficient (Wildman–Crippen LogP) is 6.28. The molecule has 0 saturated heterocycles. The van der Waals surface area contributed by atoms with Gasteiger partial charge in [0.15, 0.2) is 5.78 Å². The molecule has 2 heteroatoms. The Morgan fingerprint density at radius 2 is 1.68 bits per heavy atom. The number of hydrogen-bond donors (Lipinski definition) is 0. The second-order valence-corrected chi connectivity index (χ2v) is 11.4. The minimum absolute atomic E-state index is 0.248. The van der Waals surface area contributed by atoms with Crippen molar-refractivity contribution in [1.29, 1.82) is 0 Å². The van der Waals surface area contributed by atoms with Gasteiger partial charge in [-0.15, -0.1) is 0 Å². The van der Waals surface area contributed by atoms with Crippen LogP contribution in [0.4, 0.5) is 0 Å². The van der Waals surface area contributed by atoms with Crippen LogP contribution in [0, 0.1) is 40.4 Å². The van der Waals surface area contributed by atoms with Crippen molar-refractivity contribution >= 4 is 11.6 Å². The molecule has 0 heterocycles. The molecule has 1 unspecified atom stereocenters. The summed E-state index contributed by atoms with van der Waals surface area (Å²) >= 11 is 0. The number of Topliss-reactive ketones (excluding diaryl/α,β-unsaturated/α-hetero) is 1. The van der Waals surface area contributed by atoms with Crippen molar-refractivity contribution in [3.8, 4) is 0 Å². The topological polar surface area (TPSA) is 34.1 Å². The average Bonchev–Trinajstić information content (AvgIpc) is 3.06. The predicted molar refractivity (Wildman–Crippen MR) is 112 cm³/mol. The molecule has 6 atom stereocenters. The molecule has 0 aliphatic heterocycles. The lowest BCUT2D eigenvalue weighted by atomic mass is 9.46. The van der Waals surface area contributed by atoms with Crippen LogP contribution in [0.1, 0.15) is 97.3 Å². The van der Waals surface area contributed by atoms with Crippen LogP contribution in [0.25, 0.3) is 0 Å². The van der Waals surface area contributed by atoms with Gasteiger partial charge in [-0.25, -0.2) is 0 Å². The minimum Gasteiger partial charge on any atom is -0.299 e. The molecule has 0 amide bonds. The van der Waals surface area contributed by atoms with Gasteiger partial charge in [0.2, 0.25) is 0 Å². The fourth-order valence-electron chi connectivity index (χ4n) is 8.70. The van der Waals surface area contributed by atoms with E-state index in [0.29, 0.717) is 23.4 Å². The Balaban J connectivity index is 1.39. The van der Waals surface area contributed by atoms with Crippen molar-refractivity contribution in [2.45, 2.75) is 97.3 Å². The van der Waals surface area contributed by atoms with Crippen LogP contribution in [-0.2, 0) is 9.59 Å². The summed E-state index contributed by atoms with van der Waals surface area (Å²) in [5.74, 6) is 3.95. The number of carbonyl (C=O) groups excluding carboxylic acids is 2. The average molecular weight is 383 g/mol. The lowest BCUT2D eigenvalue weighted by Gasteiger charge is -2.58. The Bertz CT molecular complexity index is 699. The Kier molecular flexibility index (Phi) is 4.64. The van der Waals surface area contributed by atoms with E-state index in [0.717, 1.165) is 56.3 Å². The molecule has 154 valence electrons. The number of carbonyl (C=O) groups is 2. The van der Waals surface area contributed by atoms with E-state index in [1.165, 1.54) is 50.5 Å². The van der Waals surface area contributed by atoms with Crippen LogP contribution < -0.4 is 0 Å². The summed E-state index contributed by atoms with van der Waals surface area (Å²) in [6.45, 7) is 4.95. The highest BCUT2D eigenvalue weighted by molar-refractivity contribution is 5.91. The lowest BCUT2D eigenvalue weighted by Crippen LogP contribution is -2.51. The first-order valence-corrected chi connectivity index (χ1v) is 12.2. The second-order valence-electron chi connectivity index (χ2n) is 11.4. The fraction of sp³-hybridized carbons (Fsp3) is 0.846. The van der Waals surface area contributed by atoms with E-state index in [9.17, 15) is 9.59 Å². The SMILES string of the molecule is C[C@]12CCC(=O)C=C1CC[C@@H]1[C@H]2CC[C@]2(C)C(C(=O)C3CCCCC3)CC[C@@H]12. The van der Waals surface area contributed by atoms with E-state index in [2.05, 4.69) is 13.8 Å². The maximum absolute atomic E-state index is 13.5. The van der Waals surface area contributed by atoms with E-state index < -0.39 is 0 Å². The van der Waals surface area contributed by atoms with Crippen LogP contribution in [0.2, 0.25) is 0 Å². The molecule has 0 N–H and O–H groups in total. The Hall–Kier alpha value is -0.920. The van der Waals surface area contributed by atoms with Gasteiger partial charge in [-0.2, -0.15) is 0 Å². The number of allylic oxidation sites excluding steroid dienone is 1. The summed E-state index contributed by atoms with van der Waals surface area (Å²) in [5.41, 5.74) is 1.96. The monoisotopic (exact) mass is 382 g/mol. The molecular formula is C26H38O2. The number of hydrogen-bond acceptors (Lipinski definition) is 2. The number of rotatable bonds is 2. The molecule has 0 aromatic heterocycles. The minimum atomic E-state index is 0.248. The first kappa shape index (κ1) is 19.1. The van der Waals surface area contributed by atoms with Crippen molar-refractivity contribution in [3.63, 3.8) is 0 Å². The molecular weight excluding hydrogens is 344 g/mol. The van der Waals surface area contributed by atoms with Crippen molar-refractivity contribution in [2.75, 3.05) is 0 Å². The zero-order valence-corrected chi connectivity index (χ0v) is 18.0. The molecule has 5 aliphatic carbocycles. The normalized spacial score (nSPS) is 46.4. The van der Waals surface area contributed by atoms with E-state index >= 15 is 0 Å². The summed E-state index contributed by atoms with van der Waals surface area (Å²) in [7, 11) is 0. The van der Waals surface area contributed by atoms with Gasteiger partial charge in [0.1, 0.15) is 5.78 Å². The van der Waals surface area contributed by atoms with E-state index in [4.69, 9.17) is 0 Å². The lowest BCUT2D eigenvalue weighted by molar-refractivity contribution is -0.135. The van der Waals surface area contributed by atoms with Crippen molar-refractivity contribution < 1.29 is 9.59 Å². The molecule has 0 spiro atoms. The first-order valence-electron chi connectivity index (χ1n) is 12.2. The Morgan fingerprint density at radius 3 is 2.46 bits per heavy atom. The molecule has 0 radical (unpaired) electrons. The standard InChI is InChI=1S/C26H38O2/c1-25-14-12-19(27)16-18(25)8-9-20-21-10-11-23(26(21,2)15-13-22(20)25)24(28)17-6-4-3-5-7-17/h16-17,20-23H,3-15H2,1-2H3/t20-,21-,22+,23?,25-,26-/m0/s1. The molecule has 0 aromatic carbocycles. The van der Waals surface area contributed by atoms with Crippen molar-refractivity contribution in [2.24, 2.45) is 40.4 Å². The third-order valence-corrected chi connectivity index (χ3v) is 10.3. The van der Waals surface area contributed by atoms with E-state index in [1.54, 1.807) is 0 Å². The largest absolute Gasteiger partial charge is 0.299 e. The van der Waals surface area contributed by atoms with Crippen molar-refractivity contribution in [1.82, 2.24) is 0 Å². The third kappa shape index (κ3) is 2.72. The van der Waals surface area contributed by atoms with Crippen LogP contribution in [-0.4, -0.2) is 11.6 Å². The highest BCUT2D eigenvalue weighted by Gasteiger charge is 2.60. The van der Waals surface area contributed by atoms with Gasteiger partial charge in [-0.1, -0.05) is 38.7 Å². The highest BCUT2D eigenvalue weighted by atomic mass is 16.1. The summed E-state index contributed by atoms with van der Waals surface area (Å²) < 4.78 is 0. The Morgan fingerprint density at radius 1 is 0.893 bits per heavy atom. The molecule has 5 aliphatic rings. The summed E-state index contributed by atoms with van der Waals surface area (Å²) in [5, 5.41) is 0. The smallest absolute Gasteiger partial charge is 0.155 e.